The van der Waals surface area contributed by atoms with E-state index >= 15 is 0 Å². The lowest BCUT2D eigenvalue weighted by atomic mass is 10.1. The van der Waals surface area contributed by atoms with Gasteiger partial charge in [-0.1, -0.05) is 24.3 Å². The van der Waals surface area contributed by atoms with Crippen LogP contribution in [0.2, 0.25) is 0 Å². The average Bonchev–Trinajstić information content (AvgIpc) is 2.76. The number of para-hydroxylation sites is 1. The number of pyridine rings is 1. The molecule has 0 radical (unpaired) electrons. The zero-order valence-corrected chi connectivity index (χ0v) is 12.6. The largest absolute Gasteiger partial charge is 0.383 e. The third kappa shape index (κ3) is 3.61. The minimum atomic E-state index is 0.584. The van der Waals surface area contributed by atoms with Gasteiger partial charge in [-0.05, 0) is 43.7 Å². The number of fused-ring (bicyclic) bond motifs is 1. The van der Waals surface area contributed by atoms with Crippen molar-refractivity contribution in [2.45, 2.75) is 25.3 Å². The number of likely N-dealkylation sites (N-methyl/N-ethyl adjacent to an activating group) is 1. The molecule has 21 heavy (non-hydrogen) atoms. The SMILES string of the molecule is CN(CCc1ccccn1)C1CCc2ccccc2NC1. The molecule has 0 amide bonds. The average molecular weight is 281 g/mol. The van der Waals surface area contributed by atoms with Gasteiger partial charge in [0.2, 0.25) is 0 Å². The Labute approximate surface area is 127 Å². The molecule has 0 fully saturated rings. The lowest BCUT2D eigenvalue weighted by molar-refractivity contribution is 0.244. The molecule has 0 bridgehead atoms. The molecule has 3 rings (SSSR count). The third-order valence-corrected chi connectivity index (χ3v) is 4.36. The molecule has 1 aliphatic rings. The first-order chi connectivity index (χ1) is 10.3. The number of benzene rings is 1. The second-order valence-corrected chi connectivity index (χ2v) is 5.78. The Morgan fingerprint density at radius 2 is 2.05 bits per heavy atom. The van der Waals surface area contributed by atoms with Crippen LogP contribution in [-0.2, 0) is 12.8 Å². The second kappa shape index (κ2) is 6.72. The zero-order valence-electron chi connectivity index (χ0n) is 12.6. The van der Waals surface area contributed by atoms with Crippen LogP contribution in [0.4, 0.5) is 5.69 Å². The molecule has 0 aliphatic carbocycles. The summed E-state index contributed by atoms with van der Waals surface area (Å²) in [6, 6.07) is 15.4. The number of rotatable bonds is 4. The Kier molecular flexibility index (Phi) is 4.51. The maximum atomic E-state index is 4.40. The van der Waals surface area contributed by atoms with Crippen molar-refractivity contribution < 1.29 is 0 Å². The summed E-state index contributed by atoms with van der Waals surface area (Å²) in [7, 11) is 2.23. The molecule has 1 aliphatic heterocycles. The topological polar surface area (TPSA) is 28.2 Å². The highest BCUT2D eigenvalue weighted by atomic mass is 15.1. The van der Waals surface area contributed by atoms with E-state index in [2.05, 4.69) is 58.6 Å². The van der Waals surface area contributed by atoms with Crippen LogP contribution in [0.1, 0.15) is 17.7 Å². The van der Waals surface area contributed by atoms with Gasteiger partial charge in [-0.2, -0.15) is 0 Å². The van der Waals surface area contributed by atoms with Crippen molar-refractivity contribution in [3.63, 3.8) is 0 Å². The van der Waals surface area contributed by atoms with Crippen LogP contribution in [-0.4, -0.2) is 36.1 Å². The Morgan fingerprint density at radius 3 is 2.90 bits per heavy atom. The Bertz CT molecular complexity index is 541. The van der Waals surface area contributed by atoms with E-state index in [1.54, 1.807) is 0 Å². The monoisotopic (exact) mass is 281 g/mol. The molecule has 1 aromatic heterocycles. The molecule has 110 valence electrons. The van der Waals surface area contributed by atoms with Crippen molar-refractivity contribution in [1.82, 2.24) is 9.88 Å². The molecule has 0 saturated heterocycles. The highest BCUT2D eigenvalue weighted by Crippen LogP contribution is 2.22. The smallest absolute Gasteiger partial charge is 0.0416 e. The van der Waals surface area contributed by atoms with E-state index in [1.807, 2.05) is 12.3 Å². The fourth-order valence-corrected chi connectivity index (χ4v) is 2.96. The summed E-state index contributed by atoms with van der Waals surface area (Å²) in [5, 5.41) is 3.60. The van der Waals surface area contributed by atoms with Gasteiger partial charge in [0.05, 0.1) is 0 Å². The van der Waals surface area contributed by atoms with Gasteiger partial charge < -0.3 is 10.2 Å². The van der Waals surface area contributed by atoms with E-state index in [0.717, 1.165) is 25.9 Å². The fourth-order valence-electron chi connectivity index (χ4n) is 2.96. The molecule has 3 nitrogen and oxygen atoms in total. The quantitative estimate of drug-likeness (QED) is 0.934. The summed E-state index contributed by atoms with van der Waals surface area (Å²) >= 11 is 0. The Hall–Kier alpha value is -1.87. The molecule has 3 heteroatoms. The standard InChI is InChI=1S/C18H23N3/c1-21(13-11-16-7-4-5-12-19-16)17-10-9-15-6-2-3-8-18(15)20-14-17/h2-8,12,17,20H,9-11,13-14H2,1H3. The first-order valence-corrected chi connectivity index (χ1v) is 7.75. The third-order valence-electron chi connectivity index (χ3n) is 4.36. The molecule has 1 N–H and O–H groups in total. The van der Waals surface area contributed by atoms with E-state index in [9.17, 15) is 0 Å². The van der Waals surface area contributed by atoms with Gasteiger partial charge in [-0.3, -0.25) is 4.98 Å². The van der Waals surface area contributed by atoms with Crippen molar-refractivity contribution in [3.8, 4) is 0 Å². The van der Waals surface area contributed by atoms with Crippen LogP contribution < -0.4 is 5.32 Å². The van der Waals surface area contributed by atoms with Gasteiger partial charge in [0.25, 0.3) is 0 Å². The number of hydrogen-bond acceptors (Lipinski definition) is 3. The molecular formula is C18H23N3. The molecule has 0 saturated carbocycles. The van der Waals surface area contributed by atoms with Crippen molar-refractivity contribution >= 4 is 5.69 Å². The highest BCUT2D eigenvalue weighted by molar-refractivity contribution is 5.52. The van der Waals surface area contributed by atoms with Crippen molar-refractivity contribution in [1.29, 1.82) is 0 Å². The van der Waals surface area contributed by atoms with E-state index in [1.165, 1.54) is 23.4 Å². The van der Waals surface area contributed by atoms with Crippen LogP contribution in [0.15, 0.2) is 48.7 Å². The van der Waals surface area contributed by atoms with Crippen LogP contribution >= 0.6 is 0 Å². The van der Waals surface area contributed by atoms with Crippen molar-refractivity contribution in [2.75, 3.05) is 25.5 Å². The number of hydrogen-bond donors (Lipinski definition) is 1. The van der Waals surface area contributed by atoms with E-state index in [4.69, 9.17) is 0 Å². The maximum absolute atomic E-state index is 4.40. The summed E-state index contributed by atoms with van der Waals surface area (Å²) in [4.78, 5) is 6.87. The number of anilines is 1. The summed E-state index contributed by atoms with van der Waals surface area (Å²) in [6.45, 7) is 2.08. The summed E-state index contributed by atoms with van der Waals surface area (Å²) in [5.41, 5.74) is 3.92. The molecule has 1 atom stereocenters. The number of aryl methyl sites for hydroxylation is 1. The van der Waals surface area contributed by atoms with Gasteiger partial charge in [-0.25, -0.2) is 0 Å². The van der Waals surface area contributed by atoms with Crippen molar-refractivity contribution in [3.05, 3.63) is 59.9 Å². The van der Waals surface area contributed by atoms with Gasteiger partial charge in [0.15, 0.2) is 0 Å². The summed E-state index contributed by atoms with van der Waals surface area (Å²) in [6.07, 6.45) is 5.25. The van der Waals surface area contributed by atoms with Gasteiger partial charge >= 0.3 is 0 Å². The predicted octanol–water partition coefficient (Wildman–Crippen LogP) is 2.98. The molecule has 0 spiro atoms. The van der Waals surface area contributed by atoms with E-state index in [-0.39, 0.29) is 0 Å². The van der Waals surface area contributed by atoms with Gasteiger partial charge in [0.1, 0.15) is 0 Å². The van der Waals surface area contributed by atoms with Crippen LogP contribution in [0.25, 0.3) is 0 Å². The van der Waals surface area contributed by atoms with Crippen molar-refractivity contribution in [2.24, 2.45) is 0 Å². The normalized spacial score (nSPS) is 17.9. The van der Waals surface area contributed by atoms with E-state index in [0.29, 0.717) is 6.04 Å². The first kappa shape index (κ1) is 14.1. The first-order valence-electron chi connectivity index (χ1n) is 7.75. The zero-order chi connectivity index (χ0) is 14.5. The Morgan fingerprint density at radius 1 is 1.19 bits per heavy atom. The highest BCUT2D eigenvalue weighted by Gasteiger charge is 2.18. The Balaban J connectivity index is 1.55. The lowest BCUT2D eigenvalue weighted by Gasteiger charge is -2.27. The predicted molar refractivity (Wildman–Crippen MR) is 87.6 cm³/mol. The molecule has 2 aromatic rings. The summed E-state index contributed by atoms with van der Waals surface area (Å²) < 4.78 is 0. The molecule has 1 unspecified atom stereocenters. The van der Waals surface area contributed by atoms with Gasteiger partial charge in [0, 0.05) is 43.1 Å². The van der Waals surface area contributed by atoms with Crippen LogP contribution in [0.5, 0.6) is 0 Å². The fraction of sp³-hybridized carbons (Fsp3) is 0.389. The molecule has 2 heterocycles. The van der Waals surface area contributed by atoms with Gasteiger partial charge in [-0.15, -0.1) is 0 Å². The minimum Gasteiger partial charge on any atom is -0.383 e. The lowest BCUT2D eigenvalue weighted by Crippen LogP contribution is -2.38. The van der Waals surface area contributed by atoms with E-state index < -0.39 is 0 Å². The summed E-state index contributed by atoms with van der Waals surface area (Å²) in [5.74, 6) is 0. The number of nitrogens with one attached hydrogen (secondary N) is 1. The molecular weight excluding hydrogens is 258 g/mol. The maximum Gasteiger partial charge on any atom is 0.0416 e. The number of nitrogens with zero attached hydrogens (tertiary/aromatic N) is 2. The molecule has 1 aromatic carbocycles. The van der Waals surface area contributed by atoms with Crippen LogP contribution in [0, 0.1) is 0 Å². The second-order valence-electron chi connectivity index (χ2n) is 5.78. The van der Waals surface area contributed by atoms with Crippen LogP contribution in [0.3, 0.4) is 0 Å². The number of aromatic nitrogens is 1. The minimum absolute atomic E-state index is 0.584.